The van der Waals surface area contributed by atoms with Gasteiger partial charge in [-0.15, -0.1) is 0 Å². The predicted molar refractivity (Wildman–Crippen MR) is 75.7 cm³/mol. The molecule has 1 aliphatic rings. The van der Waals surface area contributed by atoms with Gasteiger partial charge >= 0.3 is 0 Å². The largest absolute Gasteiger partial charge is 0.377 e. The SMILES string of the molecule is CCCCC(CC)C(C=O)C1(OC)CCCCC1. The van der Waals surface area contributed by atoms with Crippen molar-refractivity contribution in [1.29, 1.82) is 0 Å². The Kier molecular flexibility index (Phi) is 6.91. The monoisotopic (exact) mass is 254 g/mol. The molecule has 106 valence electrons. The molecule has 0 aliphatic heterocycles. The second kappa shape index (κ2) is 7.93. The van der Waals surface area contributed by atoms with Gasteiger partial charge in [0.05, 0.1) is 5.60 Å². The van der Waals surface area contributed by atoms with E-state index in [1.807, 2.05) is 0 Å². The summed E-state index contributed by atoms with van der Waals surface area (Å²) >= 11 is 0. The van der Waals surface area contributed by atoms with Crippen LogP contribution in [0, 0.1) is 11.8 Å². The number of carbonyl (C=O) groups is 1. The maximum absolute atomic E-state index is 11.7. The number of hydrogen-bond acceptors (Lipinski definition) is 2. The molecule has 0 aromatic carbocycles. The average Bonchev–Trinajstić information content (AvgIpc) is 2.44. The van der Waals surface area contributed by atoms with Gasteiger partial charge in [0.25, 0.3) is 0 Å². The van der Waals surface area contributed by atoms with E-state index in [0.717, 1.165) is 19.3 Å². The Morgan fingerprint density at radius 3 is 2.33 bits per heavy atom. The third kappa shape index (κ3) is 3.57. The van der Waals surface area contributed by atoms with Gasteiger partial charge in [-0.05, 0) is 25.2 Å². The molecule has 0 radical (unpaired) electrons. The van der Waals surface area contributed by atoms with E-state index in [0.29, 0.717) is 5.92 Å². The van der Waals surface area contributed by atoms with Crippen molar-refractivity contribution in [3.05, 3.63) is 0 Å². The van der Waals surface area contributed by atoms with E-state index in [1.54, 1.807) is 7.11 Å². The number of carbonyl (C=O) groups excluding carboxylic acids is 1. The van der Waals surface area contributed by atoms with Gasteiger partial charge < -0.3 is 9.53 Å². The molecule has 18 heavy (non-hydrogen) atoms. The van der Waals surface area contributed by atoms with E-state index < -0.39 is 0 Å². The molecule has 1 aliphatic carbocycles. The second-order valence-corrected chi connectivity index (χ2v) is 5.80. The van der Waals surface area contributed by atoms with Gasteiger partial charge in [-0.3, -0.25) is 0 Å². The van der Waals surface area contributed by atoms with E-state index in [1.165, 1.54) is 44.8 Å². The molecule has 0 saturated heterocycles. The minimum atomic E-state index is -0.158. The molecule has 2 unspecified atom stereocenters. The molecule has 2 atom stereocenters. The normalized spacial score (nSPS) is 22.4. The summed E-state index contributed by atoms with van der Waals surface area (Å²) in [6.07, 6.45) is 11.7. The van der Waals surface area contributed by atoms with Crippen LogP contribution in [0.5, 0.6) is 0 Å². The van der Waals surface area contributed by atoms with Crippen molar-refractivity contribution in [2.45, 2.75) is 77.2 Å². The highest BCUT2D eigenvalue weighted by atomic mass is 16.5. The number of unbranched alkanes of at least 4 members (excludes halogenated alkanes) is 1. The molecule has 0 bridgehead atoms. The molecule has 0 heterocycles. The van der Waals surface area contributed by atoms with Crippen LogP contribution < -0.4 is 0 Å². The summed E-state index contributed by atoms with van der Waals surface area (Å²) in [4.78, 5) is 11.7. The number of hydrogen-bond donors (Lipinski definition) is 0. The molecular formula is C16H30O2. The number of rotatable bonds is 8. The lowest BCUT2D eigenvalue weighted by Crippen LogP contribution is -2.46. The van der Waals surface area contributed by atoms with Crippen LogP contribution in [0.2, 0.25) is 0 Å². The van der Waals surface area contributed by atoms with Gasteiger partial charge in [0.1, 0.15) is 6.29 Å². The van der Waals surface area contributed by atoms with Gasteiger partial charge in [0.15, 0.2) is 0 Å². The quantitative estimate of drug-likeness (QED) is 0.601. The first-order valence-electron chi connectivity index (χ1n) is 7.74. The Bertz CT molecular complexity index is 231. The van der Waals surface area contributed by atoms with Crippen molar-refractivity contribution in [2.24, 2.45) is 11.8 Å². The zero-order valence-electron chi connectivity index (χ0n) is 12.4. The van der Waals surface area contributed by atoms with Gasteiger partial charge in [-0.25, -0.2) is 0 Å². The minimum Gasteiger partial charge on any atom is -0.377 e. The Hall–Kier alpha value is -0.370. The topological polar surface area (TPSA) is 26.3 Å². The Labute approximate surface area is 112 Å². The predicted octanol–water partition coefficient (Wildman–Crippen LogP) is 4.37. The van der Waals surface area contributed by atoms with Gasteiger partial charge in [-0.2, -0.15) is 0 Å². The molecule has 0 N–H and O–H groups in total. The van der Waals surface area contributed by atoms with Crippen molar-refractivity contribution >= 4 is 6.29 Å². The second-order valence-electron chi connectivity index (χ2n) is 5.80. The molecular weight excluding hydrogens is 224 g/mol. The van der Waals surface area contributed by atoms with E-state index in [9.17, 15) is 4.79 Å². The van der Waals surface area contributed by atoms with Crippen LogP contribution in [0.25, 0.3) is 0 Å². The number of aldehydes is 1. The lowest BCUT2D eigenvalue weighted by atomic mass is 9.69. The summed E-state index contributed by atoms with van der Waals surface area (Å²) in [5, 5.41) is 0. The van der Waals surface area contributed by atoms with Gasteiger partial charge in [0.2, 0.25) is 0 Å². The summed E-state index contributed by atoms with van der Waals surface area (Å²) in [5.74, 6) is 0.597. The Morgan fingerprint density at radius 1 is 1.22 bits per heavy atom. The van der Waals surface area contributed by atoms with Gasteiger partial charge in [-0.1, -0.05) is 52.4 Å². The summed E-state index contributed by atoms with van der Waals surface area (Å²) in [7, 11) is 1.80. The molecule has 2 heteroatoms. The molecule has 1 fully saturated rings. The lowest BCUT2D eigenvalue weighted by molar-refractivity contribution is -0.135. The van der Waals surface area contributed by atoms with Crippen LogP contribution in [0.1, 0.15) is 71.6 Å². The van der Waals surface area contributed by atoms with Crippen molar-refractivity contribution in [3.63, 3.8) is 0 Å². The molecule has 0 aromatic heterocycles. The summed E-state index contributed by atoms with van der Waals surface area (Å²) < 4.78 is 5.86. The van der Waals surface area contributed by atoms with Crippen LogP contribution in [0.15, 0.2) is 0 Å². The summed E-state index contributed by atoms with van der Waals surface area (Å²) in [6.45, 7) is 4.43. The maximum atomic E-state index is 11.7. The molecule has 2 nitrogen and oxygen atoms in total. The van der Waals surface area contributed by atoms with Crippen LogP contribution in [0.4, 0.5) is 0 Å². The molecule has 0 aromatic rings. The summed E-state index contributed by atoms with van der Waals surface area (Å²) in [5.41, 5.74) is -0.158. The van der Waals surface area contributed by atoms with E-state index in [-0.39, 0.29) is 11.5 Å². The third-order valence-electron chi connectivity index (χ3n) is 4.82. The fourth-order valence-corrected chi connectivity index (χ4v) is 3.59. The fourth-order valence-electron chi connectivity index (χ4n) is 3.59. The first kappa shape index (κ1) is 15.7. The van der Waals surface area contributed by atoms with Gasteiger partial charge in [0, 0.05) is 13.0 Å². The highest BCUT2D eigenvalue weighted by molar-refractivity contribution is 5.56. The standard InChI is InChI=1S/C16H30O2/c1-4-6-10-14(5-2)15(13-17)16(18-3)11-8-7-9-12-16/h13-15H,4-12H2,1-3H3. The van der Waals surface area contributed by atoms with Crippen molar-refractivity contribution in [2.75, 3.05) is 7.11 Å². The zero-order chi connectivity index (χ0) is 13.4. The molecule has 0 amide bonds. The fraction of sp³-hybridized carbons (Fsp3) is 0.938. The first-order valence-corrected chi connectivity index (χ1v) is 7.74. The first-order chi connectivity index (χ1) is 8.74. The van der Waals surface area contributed by atoms with Crippen LogP contribution in [-0.2, 0) is 9.53 Å². The zero-order valence-corrected chi connectivity index (χ0v) is 12.4. The highest BCUT2D eigenvalue weighted by Gasteiger charge is 2.43. The molecule has 1 rings (SSSR count). The van der Waals surface area contributed by atoms with Crippen molar-refractivity contribution in [1.82, 2.24) is 0 Å². The third-order valence-corrected chi connectivity index (χ3v) is 4.82. The van der Waals surface area contributed by atoms with Crippen molar-refractivity contribution < 1.29 is 9.53 Å². The lowest BCUT2D eigenvalue weighted by Gasteiger charge is -2.43. The molecule has 1 saturated carbocycles. The van der Waals surface area contributed by atoms with Crippen LogP contribution in [0.3, 0.4) is 0 Å². The Balaban J connectivity index is 2.79. The van der Waals surface area contributed by atoms with Crippen LogP contribution >= 0.6 is 0 Å². The van der Waals surface area contributed by atoms with Crippen LogP contribution in [-0.4, -0.2) is 19.0 Å². The van der Waals surface area contributed by atoms with Crippen molar-refractivity contribution in [3.8, 4) is 0 Å². The number of ether oxygens (including phenoxy) is 1. The summed E-state index contributed by atoms with van der Waals surface area (Å²) in [6, 6.07) is 0. The minimum absolute atomic E-state index is 0.0966. The Morgan fingerprint density at radius 2 is 1.89 bits per heavy atom. The number of methoxy groups -OCH3 is 1. The molecule has 0 spiro atoms. The smallest absolute Gasteiger partial charge is 0.126 e. The van der Waals surface area contributed by atoms with E-state index >= 15 is 0 Å². The maximum Gasteiger partial charge on any atom is 0.126 e. The highest BCUT2D eigenvalue weighted by Crippen LogP contribution is 2.41. The average molecular weight is 254 g/mol. The van der Waals surface area contributed by atoms with E-state index in [2.05, 4.69) is 13.8 Å². The van der Waals surface area contributed by atoms with E-state index in [4.69, 9.17) is 4.74 Å².